The molecule has 1 aromatic rings. The van der Waals surface area contributed by atoms with Gasteiger partial charge in [-0.25, -0.2) is 11.3 Å². The van der Waals surface area contributed by atoms with Gasteiger partial charge in [-0.3, -0.25) is 0 Å². The Morgan fingerprint density at radius 3 is 1.71 bits per heavy atom. The predicted octanol–water partition coefficient (Wildman–Crippen LogP) is -0.500. The van der Waals surface area contributed by atoms with Crippen molar-refractivity contribution in [3.05, 3.63) is 18.2 Å². The van der Waals surface area contributed by atoms with Crippen LogP contribution >= 0.6 is 0 Å². The smallest absolute Gasteiger partial charge is 0.212 e. The molecule has 0 aliphatic carbocycles. The molecule has 74 valence electrons. The molecule has 0 amide bonds. The van der Waals surface area contributed by atoms with E-state index in [1.807, 2.05) is 0 Å². The van der Waals surface area contributed by atoms with Crippen LogP contribution in [0, 0.1) is 0 Å². The van der Waals surface area contributed by atoms with E-state index in [0.29, 0.717) is 0 Å². The molecule has 0 spiro atoms. The van der Waals surface area contributed by atoms with E-state index < -0.39 is 16.1 Å². The third kappa shape index (κ3) is 3.51. The fourth-order valence-electron chi connectivity index (χ4n) is 1.38. The fraction of sp³-hybridized carbons (Fsp3) is 0.545. The van der Waals surface area contributed by atoms with E-state index in [4.69, 9.17) is 0 Å². The molecule has 0 radical (unpaired) electrons. The van der Waals surface area contributed by atoms with E-state index >= 15 is 0 Å². The summed E-state index contributed by atoms with van der Waals surface area (Å²) < 4.78 is 0. The minimum absolute atomic E-state index is 0. The molecule has 1 rings (SSSR count). The first-order valence-corrected chi connectivity index (χ1v) is 12.0. The molecule has 0 saturated heterocycles. The molecule has 0 nitrogen and oxygen atoms in total. The van der Waals surface area contributed by atoms with Gasteiger partial charge in [-0.15, -0.1) is 0 Å². The fourth-order valence-corrected chi connectivity index (χ4v) is 3.86. The number of rotatable bonds is 2. The average molecular weight is 216 g/mol. The van der Waals surface area contributed by atoms with Crippen LogP contribution in [0.25, 0.3) is 0 Å². The van der Waals surface area contributed by atoms with Gasteiger partial charge >= 0.3 is 18.9 Å². The van der Waals surface area contributed by atoms with Crippen molar-refractivity contribution in [2.45, 2.75) is 39.3 Å². The van der Waals surface area contributed by atoms with Crippen LogP contribution in [0.1, 0.15) is 0 Å². The van der Waals surface area contributed by atoms with Gasteiger partial charge in [-0.2, -0.15) is 17.3 Å². The normalized spacial score (nSPS) is 12.4. The van der Waals surface area contributed by atoms with Crippen molar-refractivity contribution in [1.29, 1.82) is 0 Å². The minimum atomic E-state index is -1.07. The van der Waals surface area contributed by atoms with Crippen LogP contribution in [-0.2, 0) is 0 Å². The Morgan fingerprint density at radius 2 is 1.50 bits per heavy atom. The molecule has 0 unspecified atom stereocenters. The summed E-state index contributed by atoms with van der Waals surface area (Å²) in [4.78, 5) is 0. The molecule has 0 bridgehead atoms. The van der Waals surface area contributed by atoms with Crippen molar-refractivity contribution in [2.75, 3.05) is 0 Å². The summed E-state index contributed by atoms with van der Waals surface area (Å²) in [6, 6.07) is 7.15. The summed E-state index contributed by atoms with van der Waals surface area (Å²) >= 11 is 0. The van der Waals surface area contributed by atoms with Gasteiger partial charge in [0, 0.05) is 16.1 Å². The second-order valence-corrected chi connectivity index (χ2v) is 16.0. The second-order valence-electron chi connectivity index (χ2n) is 5.89. The Balaban J connectivity index is 0.00000169. The zero-order valence-corrected chi connectivity index (χ0v) is 12.7. The first kappa shape index (κ1) is 14.4. The first-order valence-electron chi connectivity index (χ1n) is 4.99. The van der Waals surface area contributed by atoms with E-state index in [0.717, 1.165) is 0 Å². The van der Waals surface area contributed by atoms with Crippen LogP contribution in [0.5, 0.6) is 0 Å². The molecule has 0 aromatic heterocycles. The maximum absolute atomic E-state index is 2.46. The summed E-state index contributed by atoms with van der Waals surface area (Å²) in [6.07, 6.45) is 0. The monoisotopic (exact) mass is 216 g/mol. The molecule has 0 aliphatic rings. The predicted molar refractivity (Wildman–Crippen MR) is 68.0 cm³/mol. The Labute approximate surface area is 103 Å². The summed E-state index contributed by atoms with van der Waals surface area (Å²) in [5.74, 6) is 0. The van der Waals surface area contributed by atoms with Crippen molar-refractivity contribution in [3.63, 3.8) is 0 Å². The SMILES string of the molecule is C[Si](C)(C)c1cc[c-]([Si](C)(C)C)c1.[Li+]. The topological polar surface area (TPSA) is 0 Å². The summed E-state index contributed by atoms with van der Waals surface area (Å²) in [5, 5.41) is 3.23. The second kappa shape index (κ2) is 4.49. The van der Waals surface area contributed by atoms with E-state index in [1.54, 1.807) is 10.4 Å². The third-order valence-electron chi connectivity index (χ3n) is 2.49. The average Bonchev–Trinajstić information content (AvgIpc) is 2.28. The zero-order chi connectivity index (χ0) is 10.3. The minimum Gasteiger partial charge on any atom is -0.212 e. The van der Waals surface area contributed by atoms with Gasteiger partial charge in [0.15, 0.2) is 0 Å². The molecule has 0 N–H and O–H groups in total. The van der Waals surface area contributed by atoms with E-state index in [2.05, 4.69) is 57.5 Å². The Bertz CT molecular complexity index is 260. The van der Waals surface area contributed by atoms with Gasteiger partial charge in [-0.1, -0.05) is 39.3 Å². The molecule has 3 heteroatoms. The van der Waals surface area contributed by atoms with Crippen molar-refractivity contribution < 1.29 is 18.9 Å². The van der Waals surface area contributed by atoms with Gasteiger partial charge in [0.2, 0.25) is 0 Å². The van der Waals surface area contributed by atoms with Crippen molar-refractivity contribution in [2.24, 2.45) is 0 Å². The molecular formula is C11H21LiSi2. The summed E-state index contributed by atoms with van der Waals surface area (Å²) in [5.41, 5.74) is 0. The van der Waals surface area contributed by atoms with Crippen LogP contribution < -0.4 is 29.2 Å². The summed E-state index contributed by atoms with van der Waals surface area (Å²) in [7, 11) is -2.14. The van der Waals surface area contributed by atoms with Crippen LogP contribution in [-0.4, -0.2) is 16.1 Å². The maximum atomic E-state index is 2.46. The number of hydrogen-bond donors (Lipinski definition) is 0. The molecule has 0 saturated carbocycles. The van der Waals surface area contributed by atoms with Crippen LogP contribution in [0.3, 0.4) is 0 Å². The van der Waals surface area contributed by atoms with Gasteiger partial charge < -0.3 is 0 Å². The third-order valence-corrected chi connectivity index (χ3v) is 6.57. The quantitative estimate of drug-likeness (QED) is 0.462. The molecule has 0 heterocycles. The van der Waals surface area contributed by atoms with E-state index in [9.17, 15) is 0 Å². The summed E-state index contributed by atoms with van der Waals surface area (Å²) in [6.45, 7) is 14.5. The zero-order valence-electron chi connectivity index (χ0n) is 10.7. The van der Waals surface area contributed by atoms with Crippen molar-refractivity contribution >= 4 is 26.5 Å². The van der Waals surface area contributed by atoms with Crippen LogP contribution in [0.2, 0.25) is 39.3 Å². The molecular weight excluding hydrogens is 195 g/mol. The van der Waals surface area contributed by atoms with Gasteiger partial charge in [-0.05, 0) is 0 Å². The molecule has 1 aromatic carbocycles. The van der Waals surface area contributed by atoms with Crippen LogP contribution in [0.4, 0.5) is 0 Å². The van der Waals surface area contributed by atoms with Gasteiger partial charge in [0.25, 0.3) is 0 Å². The van der Waals surface area contributed by atoms with E-state index in [1.165, 1.54) is 0 Å². The Hall–Kier alpha value is 0.381. The first-order chi connectivity index (χ1) is 5.71. The van der Waals surface area contributed by atoms with Crippen molar-refractivity contribution in [1.82, 2.24) is 0 Å². The standard InChI is InChI=1S/C11H21Si2.Li/c1-12(2,3)10-7-8-11(9-10)13(4,5)6;/h7-9H,1-6H3;/q-1;+1. The van der Waals surface area contributed by atoms with Crippen molar-refractivity contribution in [3.8, 4) is 0 Å². The van der Waals surface area contributed by atoms with Crippen LogP contribution in [0.15, 0.2) is 18.2 Å². The largest absolute Gasteiger partial charge is 1.00 e. The maximum Gasteiger partial charge on any atom is 1.00 e. The Kier molecular flexibility index (Phi) is 4.61. The molecule has 14 heavy (non-hydrogen) atoms. The molecule has 0 atom stereocenters. The van der Waals surface area contributed by atoms with Gasteiger partial charge in [0.05, 0.1) is 0 Å². The van der Waals surface area contributed by atoms with E-state index in [-0.39, 0.29) is 18.9 Å². The number of hydrogen-bond acceptors (Lipinski definition) is 0. The van der Waals surface area contributed by atoms with Gasteiger partial charge in [0.1, 0.15) is 0 Å². The molecule has 0 aliphatic heterocycles. The molecule has 0 fully saturated rings. The Morgan fingerprint density at radius 1 is 1.00 bits per heavy atom.